The molecule has 0 fully saturated rings. The van der Waals surface area contributed by atoms with Crippen LogP contribution in [0.4, 0.5) is 11.5 Å². The highest BCUT2D eigenvalue weighted by atomic mass is 16.6. The third-order valence-electron chi connectivity index (χ3n) is 3.83. The molecule has 0 saturated heterocycles. The molecule has 10 heteroatoms. The van der Waals surface area contributed by atoms with E-state index in [1.54, 1.807) is 11.3 Å². The van der Waals surface area contributed by atoms with Crippen molar-refractivity contribution in [1.29, 1.82) is 0 Å². The van der Waals surface area contributed by atoms with Crippen molar-refractivity contribution in [1.82, 2.24) is 29.9 Å². The molecule has 10 nitrogen and oxygen atoms in total. The molecular formula is C16H15N7O3. The fourth-order valence-electron chi connectivity index (χ4n) is 2.62. The minimum Gasteiger partial charge on any atom is -0.466 e. The first-order valence-electron chi connectivity index (χ1n) is 8.02. The van der Waals surface area contributed by atoms with Gasteiger partial charge in [-0.2, -0.15) is 0 Å². The van der Waals surface area contributed by atoms with Gasteiger partial charge in [0.05, 0.1) is 6.61 Å². The molecule has 3 heterocycles. The number of anilines is 2. The molecule has 0 aliphatic heterocycles. The fraction of sp³-hybridized carbons (Fsp3) is 0.250. The van der Waals surface area contributed by atoms with E-state index in [0.29, 0.717) is 22.9 Å². The van der Waals surface area contributed by atoms with Gasteiger partial charge in [-0.1, -0.05) is 18.2 Å². The van der Waals surface area contributed by atoms with Crippen LogP contribution in [0.1, 0.15) is 18.3 Å². The number of hydrogen-bond donors (Lipinski definition) is 1. The number of carbonyl (C=O) groups excluding carboxylic acids is 1. The van der Waals surface area contributed by atoms with Crippen LogP contribution < -0.4 is 5.32 Å². The molecule has 0 aliphatic carbocycles. The average Bonchev–Trinajstić information content (AvgIpc) is 3.24. The number of para-hydroxylation sites is 1. The molecule has 0 saturated carbocycles. The Morgan fingerprint density at radius 2 is 2.08 bits per heavy atom. The summed E-state index contributed by atoms with van der Waals surface area (Å²) in [5.74, 6) is 0.399. The Hall–Kier alpha value is -3.56. The van der Waals surface area contributed by atoms with Crippen LogP contribution in [0.5, 0.6) is 0 Å². The highest BCUT2D eigenvalue weighted by molar-refractivity contribution is 5.81. The molecule has 132 valence electrons. The number of nitrogens with one attached hydrogen (secondary N) is 1. The molecule has 3 aromatic heterocycles. The predicted molar refractivity (Wildman–Crippen MR) is 90.9 cm³/mol. The van der Waals surface area contributed by atoms with Crippen LogP contribution in [0.15, 0.2) is 28.9 Å². The number of esters is 1. The predicted octanol–water partition coefficient (Wildman–Crippen LogP) is 1.82. The van der Waals surface area contributed by atoms with Gasteiger partial charge in [0, 0.05) is 5.69 Å². The standard InChI is InChI=1S/C16H15N7O3/c1-3-25-12(24)8-11-19-20-15-13(17-10-7-5-4-6-9(10)2)18-14-16(23(11)15)22-26-21-14/h4-7H,3,8H2,1-2H3,(H,17,18,21). The van der Waals surface area contributed by atoms with Crippen LogP contribution >= 0.6 is 0 Å². The van der Waals surface area contributed by atoms with Crippen molar-refractivity contribution in [3.63, 3.8) is 0 Å². The van der Waals surface area contributed by atoms with Gasteiger partial charge in [-0.3, -0.25) is 9.20 Å². The SMILES string of the molecule is CCOC(=O)Cc1nnc2c(Nc3ccccc3C)nc3nonc3n12. The zero-order valence-corrected chi connectivity index (χ0v) is 14.1. The Morgan fingerprint density at radius 3 is 2.88 bits per heavy atom. The summed E-state index contributed by atoms with van der Waals surface area (Å²) in [5.41, 5.74) is 2.93. The Kier molecular flexibility index (Phi) is 3.92. The minimum atomic E-state index is -0.406. The number of carbonyl (C=O) groups is 1. The highest BCUT2D eigenvalue weighted by Gasteiger charge is 2.20. The van der Waals surface area contributed by atoms with Gasteiger partial charge in [-0.25, -0.2) is 9.61 Å². The lowest BCUT2D eigenvalue weighted by molar-refractivity contribution is -0.142. The average molecular weight is 353 g/mol. The Labute approximate surface area is 147 Å². The van der Waals surface area contributed by atoms with Crippen LogP contribution in [0.3, 0.4) is 0 Å². The number of nitrogens with zero attached hydrogens (tertiary/aromatic N) is 6. The second-order valence-electron chi connectivity index (χ2n) is 5.57. The lowest BCUT2D eigenvalue weighted by Crippen LogP contribution is -2.11. The Morgan fingerprint density at radius 1 is 1.23 bits per heavy atom. The van der Waals surface area contributed by atoms with Crippen molar-refractivity contribution in [2.75, 3.05) is 11.9 Å². The lowest BCUT2D eigenvalue weighted by atomic mass is 10.2. The normalized spacial score (nSPS) is 11.2. The molecule has 4 aromatic rings. The van der Waals surface area contributed by atoms with Gasteiger partial charge in [0.2, 0.25) is 16.9 Å². The summed E-state index contributed by atoms with van der Waals surface area (Å²) in [5, 5.41) is 19.1. The van der Waals surface area contributed by atoms with Crippen LogP contribution in [0, 0.1) is 6.92 Å². The summed E-state index contributed by atoms with van der Waals surface area (Å²) in [4.78, 5) is 16.3. The van der Waals surface area contributed by atoms with E-state index in [1.807, 2.05) is 31.2 Å². The summed E-state index contributed by atoms with van der Waals surface area (Å²) in [6.45, 7) is 4.01. The van der Waals surface area contributed by atoms with E-state index in [-0.39, 0.29) is 18.7 Å². The van der Waals surface area contributed by atoms with Crippen LogP contribution in [0.25, 0.3) is 16.9 Å². The van der Waals surface area contributed by atoms with Gasteiger partial charge in [-0.05, 0) is 35.8 Å². The molecular weight excluding hydrogens is 338 g/mol. The van der Waals surface area contributed by atoms with Crippen molar-refractivity contribution < 1.29 is 14.2 Å². The van der Waals surface area contributed by atoms with Crippen molar-refractivity contribution >= 4 is 34.4 Å². The molecule has 26 heavy (non-hydrogen) atoms. The molecule has 0 aliphatic rings. The molecule has 0 atom stereocenters. The molecule has 0 radical (unpaired) electrons. The van der Waals surface area contributed by atoms with Crippen molar-refractivity contribution in [2.24, 2.45) is 0 Å². The minimum absolute atomic E-state index is 0.0508. The first-order chi connectivity index (χ1) is 12.7. The fourth-order valence-corrected chi connectivity index (χ4v) is 2.62. The smallest absolute Gasteiger partial charge is 0.313 e. The monoisotopic (exact) mass is 353 g/mol. The van der Waals surface area contributed by atoms with Crippen molar-refractivity contribution in [3.8, 4) is 0 Å². The van der Waals surface area contributed by atoms with E-state index in [1.165, 1.54) is 0 Å². The molecule has 1 aromatic carbocycles. The number of aromatic nitrogens is 6. The Bertz CT molecular complexity index is 1100. The number of benzene rings is 1. The maximum atomic E-state index is 11.9. The van der Waals surface area contributed by atoms with Gasteiger partial charge in [0.15, 0.2) is 11.6 Å². The molecule has 0 amide bonds. The van der Waals surface area contributed by atoms with Crippen molar-refractivity contribution in [3.05, 3.63) is 35.7 Å². The third-order valence-corrected chi connectivity index (χ3v) is 3.83. The van der Waals surface area contributed by atoms with Gasteiger partial charge in [0.25, 0.3) is 0 Å². The Balaban J connectivity index is 1.84. The highest BCUT2D eigenvalue weighted by Crippen LogP contribution is 2.24. The third kappa shape index (κ3) is 2.70. The summed E-state index contributed by atoms with van der Waals surface area (Å²) in [7, 11) is 0. The molecule has 0 unspecified atom stereocenters. The molecule has 0 bridgehead atoms. The second-order valence-corrected chi connectivity index (χ2v) is 5.57. The summed E-state index contributed by atoms with van der Waals surface area (Å²) < 4.78 is 11.4. The van der Waals surface area contributed by atoms with Gasteiger partial charge in [0.1, 0.15) is 6.42 Å². The first kappa shape index (κ1) is 15.9. The number of fused-ring (bicyclic) bond motifs is 3. The molecule has 1 N–H and O–H groups in total. The van der Waals surface area contributed by atoms with Gasteiger partial charge in [-0.15, -0.1) is 10.2 Å². The molecule has 4 rings (SSSR count). The number of rotatable bonds is 5. The summed E-state index contributed by atoms with van der Waals surface area (Å²) >= 11 is 0. The first-order valence-corrected chi connectivity index (χ1v) is 8.02. The lowest BCUT2D eigenvalue weighted by Gasteiger charge is -2.09. The maximum absolute atomic E-state index is 11.9. The number of ether oxygens (including phenoxy) is 1. The topological polar surface area (TPSA) is 120 Å². The zero-order valence-electron chi connectivity index (χ0n) is 14.1. The van der Waals surface area contributed by atoms with E-state index in [2.05, 4.69) is 30.8 Å². The van der Waals surface area contributed by atoms with Crippen LogP contribution in [-0.4, -0.2) is 42.5 Å². The van der Waals surface area contributed by atoms with Crippen LogP contribution in [0.2, 0.25) is 0 Å². The summed E-state index contributed by atoms with van der Waals surface area (Å²) in [6, 6.07) is 7.77. The van der Waals surface area contributed by atoms with E-state index in [9.17, 15) is 4.79 Å². The largest absolute Gasteiger partial charge is 0.466 e. The van der Waals surface area contributed by atoms with E-state index >= 15 is 0 Å². The van der Waals surface area contributed by atoms with Crippen LogP contribution in [-0.2, 0) is 16.0 Å². The van der Waals surface area contributed by atoms with Gasteiger partial charge < -0.3 is 10.1 Å². The molecule has 0 spiro atoms. The number of hydrogen-bond acceptors (Lipinski definition) is 9. The van der Waals surface area contributed by atoms with E-state index < -0.39 is 5.97 Å². The zero-order chi connectivity index (χ0) is 18.1. The quantitative estimate of drug-likeness (QED) is 0.535. The maximum Gasteiger partial charge on any atom is 0.313 e. The summed E-state index contributed by atoms with van der Waals surface area (Å²) in [6.07, 6.45) is -0.0508. The number of aryl methyl sites for hydroxylation is 1. The van der Waals surface area contributed by atoms with Crippen molar-refractivity contribution in [2.45, 2.75) is 20.3 Å². The second kappa shape index (κ2) is 6.39. The van der Waals surface area contributed by atoms with Gasteiger partial charge >= 0.3 is 5.97 Å². The van der Waals surface area contributed by atoms with E-state index in [4.69, 9.17) is 9.37 Å². The van der Waals surface area contributed by atoms with E-state index in [0.717, 1.165) is 11.3 Å².